The molecule has 0 bridgehead atoms. The summed E-state index contributed by atoms with van der Waals surface area (Å²) in [4.78, 5) is 2.50. The molecule has 2 aliphatic rings. The lowest BCUT2D eigenvalue weighted by Crippen LogP contribution is -2.73. The van der Waals surface area contributed by atoms with Crippen LogP contribution in [-0.2, 0) is 9.47 Å². The van der Waals surface area contributed by atoms with Gasteiger partial charge in [0, 0.05) is 44.3 Å². The molecule has 2 unspecified atom stereocenters. The third-order valence-electron chi connectivity index (χ3n) is 5.38. The van der Waals surface area contributed by atoms with E-state index in [9.17, 15) is 0 Å². The van der Waals surface area contributed by atoms with Crippen LogP contribution < -0.4 is 5.73 Å². The van der Waals surface area contributed by atoms with E-state index in [1.54, 1.807) is 0 Å². The minimum Gasteiger partial charge on any atom is -0.381 e. The molecule has 4 nitrogen and oxygen atoms in total. The van der Waals surface area contributed by atoms with E-state index in [0.29, 0.717) is 12.2 Å². The molecule has 0 aromatic carbocycles. The Morgan fingerprint density at radius 1 is 1.26 bits per heavy atom. The Morgan fingerprint density at radius 3 is 2.37 bits per heavy atom. The first-order chi connectivity index (χ1) is 8.93. The zero-order valence-electron chi connectivity index (χ0n) is 12.9. The third kappa shape index (κ3) is 2.82. The highest BCUT2D eigenvalue weighted by Gasteiger charge is 2.58. The van der Waals surface area contributed by atoms with E-state index in [1.807, 2.05) is 7.11 Å². The van der Waals surface area contributed by atoms with Gasteiger partial charge in [-0.15, -0.1) is 0 Å². The molecule has 0 radical (unpaired) electrons. The van der Waals surface area contributed by atoms with Gasteiger partial charge in [0.25, 0.3) is 0 Å². The van der Waals surface area contributed by atoms with Crippen molar-refractivity contribution in [1.29, 1.82) is 0 Å². The molecule has 1 saturated carbocycles. The van der Waals surface area contributed by atoms with Crippen molar-refractivity contribution in [3.05, 3.63) is 0 Å². The lowest BCUT2D eigenvalue weighted by Gasteiger charge is -2.60. The first kappa shape index (κ1) is 15.2. The quantitative estimate of drug-likeness (QED) is 0.825. The predicted molar refractivity (Wildman–Crippen MR) is 77.2 cm³/mol. The summed E-state index contributed by atoms with van der Waals surface area (Å²) in [6.07, 6.45) is 4.00. The van der Waals surface area contributed by atoms with Gasteiger partial charge in [-0.2, -0.15) is 0 Å². The number of methoxy groups -OCH3 is 1. The smallest absolute Gasteiger partial charge is 0.0662 e. The lowest BCUT2D eigenvalue weighted by molar-refractivity contribution is -0.158. The number of rotatable bonds is 5. The Balaban J connectivity index is 1.86. The van der Waals surface area contributed by atoms with E-state index >= 15 is 0 Å². The molecule has 2 fully saturated rings. The van der Waals surface area contributed by atoms with Crippen LogP contribution in [0.4, 0.5) is 0 Å². The maximum absolute atomic E-state index is 6.65. The molecule has 1 aliphatic carbocycles. The van der Waals surface area contributed by atoms with Gasteiger partial charge < -0.3 is 20.1 Å². The van der Waals surface area contributed by atoms with Gasteiger partial charge in [-0.1, -0.05) is 13.8 Å². The van der Waals surface area contributed by atoms with Crippen molar-refractivity contribution in [3.8, 4) is 0 Å². The number of hydrogen-bond acceptors (Lipinski definition) is 4. The predicted octanol–water partition coefficient (Wildman–Crippen LogP) is 1.63. The molecule has 2 N–H and O–H groups in total. The zero-order chi connectivity index (χ0) is 14.1. The molecule has 2 rings (SSSR count). The number of nitrogens with zero attached hydrogens (tertiary/aromatic N) is 1. The maximum Gasteiger partial charge on any atom is 0.0662 e. The molecular formula is C15H30N2O2. The molecular weight excluding hydrogens is 240 g/mol. The highest BCUT2D eigenvalue weighted by atomic mass is 16.5. The van der Waals surface area contributed by atoms with Crippen LogP contribution in [0.25, 0.3) is 0 Å². The van der Waals surface area contributed by atoms with Crippen LogP contribution in [-0.4, -0.2) is 56.0 Å². The molecule has 4 heteroatoms. The van der Waals surface area contributed by atoms with Crippen molar-refractivity contribution >= 4 is 0 Å². The third-order valence-corrected chi connectivity index (χ3v) is 5.38. The fraction of sp³-hybridized carbons (Fsp3) is 1.00. The van der Waals surface area contributed by atoms with Gasteiger partial charge >= 0.3 is 0 Å². The zero-order valence-corrected chi connectivity index (χ0v) is 12.9. The van der Waals surface area contributed by atoms with Crippen LogP contribution in [0, 0.1) is 5.41 Å². The molecule has 19 heavy (non-hydrogen) atoms. The van der Waals surface area contributed by atoms with E-state index < -0.39 is 0 Å². The van der Waals surface area contributed by atoms with Crippen LogP contribution in [0.3, 0.4) is 0 Å². The van der Waals surface area contributed by atoms with Gasteiger partial charge in [-0.05, 0) is 26.2 Å². The van der Waals surface area contributed by atoms with E-state index in [4.69, 9.17) is 15.2 Å². The van der Waals surface area contributed by atoms with Crippen molar-refractivity contribution in [2.45, 2.75) is 57.8 Å². The fourth-order valence-electron chi connectivity index (χ4n) is 3.48. The summed E-state index contributed by atoms with van der Waals surface area (Å²) in [6, 6.07) is 0. The molecule has 2 atom stereocenters. The average molecular weight is 270 g/mol. The standard InChI is InChI=1S/C15H30N2O2/c1-5-19-13-10-15(16,14(13,2)3)11-17-8-6-12(18-4)7-9-17/h12-13H,5-11,16H2,1-4H3. The number of ether oxygens (including phenoxy) is 2. The Kier molecular flexibility index (Phi) is 4.56. The van der Waals surface area contributed by atoms with Gasteiger partial charge in [0.1, 0.15) is 0 Å². The second-order valence-electron chi connectivity index (χ2n) is 6.74. The van der Waals surface area contributed by atoms with E-state index in [0.717, 1.165) is 45.5 Å². The SMILES string of the molecule is CCOC1CC(N)(CN2CCC(OC)CC2)C1(C)C. The summed E-state index contributed by atoms with van der Waals surface area (Å²) in [7, 11) is 1.81. The normalized spacial score (nSPS) is 36.2. The van der Waals surface area contributed by atoms with Crippen molar-refractivity contribution in [3.63, 3.8) is 0 Å². The summed E-state index contributed by atoms with van der Waals surface area (Å²) >= 11 is 0. The van der Waals surface area contributed by atoms with Gasteiger partial charge in [0.15, 0.2) is 0 Å². The maximum atomic E-state index is 6.65. The van der Waals surface area contributed by atoms with Crippen molar-refractivity contribution < 1.29 is 9.47 Å². The van der Waals surface area contributed by atoms with Crippen molar-refractivity contribution in [2.75, 3.05) is 33.4 Å². The lowest BCUT2D eigenvalue weighted by atomic mass is 9.54. The average Bonchev–Trinajstić information content (AvgIpc) is 2.39. The first-order valence-corrected chi connectivity index (χ1v) is 7.58. The Hall–Kier alpha value is -0.160. The summed E-state index contributed by atoms with van der Waals surface area (Å²) in [5, 5.41) is 0. The number of hydrogen-bond donors (Lipinski definition) is 1. The molecule has 112 valence electrons. The highest BCUT2D eigenvalue weighted by molar-refractivity contribution is 5.14. The van der Waals surface area contributed by atoms with Crippen LogP contribution in [0.5, 0.6) is 0 Å². The van der Waals surface area contributed by atoms with Crippen molar-refractivity contribution in [1.82, 2.24) is 4.90 Å². The Labute approximate surface area is 117 Å². The minimum atomic E-state index is -0.104. The molecule has 0 amide bonds. The number of likely N-dealkylation sites (tertiary alicyclic amines) is 1. The van der Waals surface area contributed by atoms with E-state index in [2.05, 4.69) is 25.7 Å². The largest absolute Gasteiger partial charge is 0.381 e. The molecule has 1 saturated heterocycles. The van der Waals surface area contributed by atoms with Crippen LogP contribution in [0.1, 0.15) is 40.0 Å². The Bertz CT molecular complexity index is 301. The summed E-state index contributed by atoms with van der Waals surface area (Å²) in [5.74, 6) is 0. The minimum absolute atomic E-state index is 0.0706. The summed E-state index contributed by atoms with van der Waals surface area (Å²) in [6.45, 7) is 10.5. The molecule has 0 aromatic rings. The van der Waals surface area contributed by atoms with Crippen LogP contribution in [0.2, 0.25) is 0 Å². The van der Waals surface area contributed by atoms with Crippen molar-refractivity contribution in [2.24, 2.45) is 11.1 Å². The van der Waals surface area contributed by atoms with Gasteiger partial charge in [0.05, 0.1) is 12.2 Å². The molecule has 1 aliphatic heterocycles. The summed E-state index contributed by atoms with van der Waals surface area (Å²) in [5.41, 5.74) is 6.61. The molecule has 0 spiro atoms. The fourth-order valence-corrected chi connectivity index (χ4v) is 3.48. The van der Waals surface area contributed by atoms with E-state index in [1.165, 1.54) is 0 Å². The monoisotopic (exact) mass is 270 g/mol. The topological polar surface area (TPSA) is 47.7 Å². The van der Waals surface area contributed by atoms with Crippen LogP contribution >= 0.6 is 0 Å². The Morgan fingerprint density at radius 2 is 1.89 bits per heavy atom. The number of piperidine rings is 1. The highest BCUT2D eigenvalue weighted by Crippen LogP contribution is 2.50. The molecule has 0 aromatic heterocycles. The molecule has 1 heterocycles. The summed E-state index contributed by atoms with van der Waals surface area (Å²) < 4.78 is 11.2. The first-order valence-electron chi connectivity index (χ1n) is 7.58. The van der Waals surface area contributed by atoms with Gasteiger partial charge in [-0.3, -0.25) is 0 Å². The van der Waals surface area contributed by atoms with Crippen LogP contribution in [0.15, 0.2) is 0 Å². The second-order valence-corrected chi connectivity index (χ2v) is 6.74. The number of nitrogens with two attached hydrogens (primary N) is 1. The van der Waals surface area contributed by atoms with Gasteiger partial charge in [0.2, 0.25) is 0 Å². The van der Waals surface area contributed by atoms with E-state index in [-0.39, 0.29) is 11.0 Å². The van der Waals surface area contributed by atoms with Gasteiger partial charge in [-0.25, -0.2) is 0 Å². The second kappa shape index (κ2) is 5.68.